The Balaban J connectivity index is 2.96. The van der Waals surface area contributed by atoms with Gasteiger partial charge in [0, 0.05) is 0 Å². The summed E-state index contributed by atoms with van der Waals surface area (Å²) in [6, 6.07) is 6.88. The molecule has 0 fully saturated rings. The van der Waals surface area contributed by atoms with Crippen LogP contribution in [0.3, 0.4) is 0 Å². The smallest absolute Gasteiger partial charge is 0.158 e. The number of benzene rings is 1. The minimum atomic E-state index is -1.81. The van der Waals surface area contributed by atoms with Gasteiger partial charge in [-0.05, 0) is 26.3 Å². The first-order valence-electron chi connectivity index (χ1n) is 4.31. The molecule has 0 radical (unpaired) electrons. The topological polar surface area (TPSA) is 0 Å². The lowest BCUT2D eigenvalue weighted by molar-refractivity contribution is 0.0852. The molecule has 72 valence electrons. The first kappa shape index (κ1) is 10.2. The fraction of sp³-hybridized carbons (Fsp3) is 0.455. The second-order valence-electron chi connectivity index (χ2n) is 3.84. The number of alkyl halides is 2. The van der Waals surface area contributed by atoms with E-state index in [1.807, 2.05) is 13.0 Å². The van der Waals surface area contributed by atoms with Gasteiger partial charge in [0.25, 0.3) is 0 Å². The molecule has 1 aromatic carbocycles. The van der Waals surface area contributed by atoms with E-state index in [2.05, 4.69) is 0 Å². The maximum atomic E-state index is 13.4. The quantitative estimate of drug-likeness (QED) is 0.656. The van der Waals surface area contributed by atoms with Crippen LogP contribution >= 0.6 is 0 Å². The Morgan fingerprint density at radius 3 is 2.38 bits per heavy atom. The maximum absolute atomic E-state index is 13.4. The molecule has 0 aliphatic carbocycles. The number of hydrogen-bond acceptors (Lipinski definition) is 0. The SMILES string of the molecule is Cc1cccc(C(F)C(C)(C)F)c1. The first-order chi connectivity index (χ1) is 5.91. The Morgan fingerprint density at radius 1 is 1.31 bits per heavy atom. The van der Waals surface area contributed by atoms with Gasteiger partial charge in [-0.3, -0.25) is 0 Å². The van der Waals surface area contributed by atoms with Crippen molar-refractivity contribution in [3.63, 3.8) is 0 Å². The lowest BCUT2D eigenvalue weighted by atomic mass is 9.97. The Hall–Kier alpha value is -0.920. The summed E-state index contributed by atoms with van der Waals surface area (Å²) in [6.45, 7) is 4.36. The van der Waals surface area contributed by atoms with E-state index in [0.717, 1.165) is 5.56 Å². The Kier molecular flexibility index (Phi) is 2.69. The molecule has 1 atom stereocenters. The number of halogens is 2. The van der Waals surface area contributed by atoms with E-state index in [-0.39, 0.29) is 0 Å². The van der Waals surface area contributed by atoms with Crippen LogP contribution in [-0.4, -0.2) is 5.67 Å². The van der Waals surface area contributed by atoms with Crippen LogP contribution in [0.2, 0.25) is 0 Å². The molecule has 0 aromatic heterocycles. The van der Waals surface area contributed by atoms with Crippen molar-refractivity contribution in [3.05, 3.63) is 35.4 Å². The van der Waals surface area contributed by atoms with Gasteiger partial charge < -0.3 is 0 Å². The molecular formula is C11H14F2. The van der Waals surface area contributed by atoms with E-state index in [4.69, 9.17) is 0 Å². The zero-order valence-corrected chi connectivity index (χ0v) is 8.14. The van der Waals surface area contributed by atoms with Crippen molar-refractivity contribution in [3.8, 4) is 0 Å². The molecule has 2 heteroatoms. The van der Waals surface area contributed by atoms with E-state index in [1.54, 1.807) is 18.2 Å². The normalized spacial score (nSPS) is 14.2. The number of rotatable bonds is 2. The van der Waals surface area contributed by atoms with Crippen molar-refractivity contribution in [1.29, 1.82) is 0 Å². The molecular weight excluding hydrogens is 170 g/mol. The summed E-state index contributed by atoms with van der Waals surface area (Å²) in [5, 5.41) is 0. The van der Waals surface area contributed by atoms with E-state index in [1.165, 1.54) is 13.8 Å². The third-order valence-corrected chi connectivity index (χ3v) is 1.94. The van der Waals surface area contributed by atoms with Gasteiger partial charge in [0.05, 0.1) is 0 Å². The average Bonchev–Trinajstić information content (AvgIpc) is 2.01. The Morgan fingerprint density at radius 2 is 1.92 bits per heavy atom. The van der Waals surface area contributed by atoms with Crippen LogP contribution in [0, 0.1) is 6.92 Å². The highest BCUT2D eigenvalue weighted by Gasteiger charge is 2.30. The molecule has 0 spiro atoms. The molecule has 0 amide bonds. The molecule has 1 aromatic rings. The third-order valence-electron chi connectivity index (χ3n) is 1.94. The van der Waals surface area contributed by atoms with Gasteiger partial charge in [-0.25, -0.2) is 8.78 Å². The molecule has 0 bridgehead atoms. The van der Waals surface area contributed by atoms with Crippen molar-refractivity contribution < 1.29 is 8.78 Å². The largest absolute Gasteiger partial charge is 0.241 e. The van der Waals surface area contributed by atoms with Crippen LogP contribution in [0.5, 0.6) is 0 Å². The van der Waals surface area contributed by atoms with Gasteiger partial charge in [0.15, 0.2) is 6.17 Å². The van der Waals surface area contributed by atoms with Crippen molar-refractivity contribution in [2.45, 2.75) is 32.6 Å². The fourth-order valence-corrected chi connectivity index (χ4v) is 1.22. The van der Waals surface area contributed by atoms with Crippen molar-refractivity contribution in [1.82, 2.24) is 0 Å². The summed E-state index contributed by atoms with van der Waals surface area (Å²) >= 11 is 0. The van der Waals surface area contributed by atoms with E-state index < -0.39 is 11.8 Å². The van der Waals surface area contributed by atoms with Gasteiger partial charge in [0.1, 0.15) is 5.67 Å². The fourth-order valence-electron chi connectivity index (χ4n) is 1.22. The summed E-state index contributed by atoms with van der Waals surface area (Å²) in [5.41, 5.74) is -0.453. The summed E-state index contributed by atoms with van der Waals surface area (Å²) in [6.07, 6.45) is -1.55. The Labute approximate surface area is 77.6 Å². The predicted octanol–water partition coefficient (Wildman–Crippen LogP) is 3.75. The highest BCUT2D eigenvalue weighted by molar-refractivity contribution is 5.25. The zero-order valence-electron chi connectivity index (χ0n) is 8.14. The van der Waals surface area contributed by atoms with Crippen LogP contribution < -0.4 is 0 Å². The summed E-state index contributed by atoms with van der Waals surface area (Å²) < 4.78 is 26.7. The van der Waals surface area contributed by atoms with Crippen LogP contribution in [0.25, 0.3) is 0 Å². The predicted molar refractivity (Wildman–Crippen MR) is 50.2 cm³/mol. The van der Waals surface area contributed by atoms with Crippen LogP contribution in [0.15, 0.2) is 24.3 Å². The summed E-state index contributed by atoms with van der Waals surface area (Å²) in [4.78, 5) is 0. The standard InChI is InChI=1S/C11H14F2/c1-8-5-4-6-9(7-8)10(12)11(2,3)13/h4-7,10H,1-3H3. The van der Waals surface area contributed by atoms with Crippen molar-refractivity contribution >= 4 is 0 Å². The van der Waals surface area contributed by atoms with E-state index >= 15 is 0 Å². The first-order valence-corrected chi connectivity index (χ1v) is 4.31. The number of hydrogen-bond donors (Lipinski definition) is 0. The molecule has 0 saturated carbocycles. The zero-order chi connectivity index (χ0) is 10.1. The highest BCUT2D eigenvalue weighted by atomic mass is 19.2. The lowest BCUT2D eigenvalue weighted by Crippen LogP contribution is -2.20. The second-order valence-corrected chi connectivity index (χ2v) is 3.84. The van der Waals surface area contributed by atoms with Gasteiger partial charge in [-0.1, -0.05) is 29.8 Å². The number of aryl methyl sites for hydroxylation is 1. The highest BCUT2D eigenvalue weighted by Crippen LogP contribution is 2.32. The molecule has 0 N–H and O–H groups in total. The monoisotopic (exact) mass is 184 g/mol. The van der Waals surface area contributed by atoms with E-state index in [0.29, 0.717) is 5.56 Å². The Bertz CT molecular complexity index is 286. The maximum Gasteiger partial charge on any atom is 0.158 e. The average molecular weight is 184 g/mol. The molecule has 1 rings (SSSR count). The van der Waals surface area contributed by atoms with Gasteiger partial charge >= 0.3 is 0 Å². The lowest BCUT2D eigenvalue weighted by Gasteiger charge is -2.19. The minimum Gasteiger partial charge on any atom is -0.241 e. The van der Waals surface area contributed by atoms with Crippen LogP contribution in [-0.2, 0) is 0 Å². The molecule has 0 aliphatic heterocycles. The van der Waals surface area contributed by atoms with Gasteiger partial charge in [-0.2, -0.15) is 0 Å². The molecule has 13 heavy (non-hydrogen) atoms. The van der Waals surface area contributed by atoms with Crippen molar-refractivity contribution in [2.75, 3.05) is 0 Å². The summed E-state index contributed by atoms with van der Waals surface area (Å²) in [7, 11) is 0. The molecule has 0 nitrogen and oxygen atoms in total. The third kappa shape index (κ3) is 2.51. The van der Waals surface area contributed by atoms with Gasteiger partial charge in [0.2, 0.25) is 0 Å². The molecule has 0 heterocycles. The molecule has 1 unspecified atom stereocenters. The minimum absolute atomic E-state index is 0.410. The van der Waals surface area contributed by atoms with Crippen LogP contribution in [0.4, 0.5) is 8.78 Å². The molecule has 0 saturated heterocycles. The molecule has 0 aliphatic rings. The van der Waals surface area contributed by atoms with Crippen LogP contribution in [0.1, 0.15) is 31.1 Å². The summed E-state index contributed by atoms with van der Waals surface area (Å²) in [5.74, 6) is 0. The van der Waals surface area contributed by atoms with Crippen molar-refractivity contribution in [2.24, 2.45) is 0 Å². The van der Waals surface area contributed by atoms with E-state index in [9.17, 15) is 8.78 Å². The second kappa shape index (κ2) is 3.44. The van der Waals surface area contributed by atoms with Gasteiger partial charge in [-0.15, -0.1) is 0 Å².